The largest absolute Gasteiger partial charge is 0.495 e. The number of benzene rings is 3. The van der Waals surface area contributed by atoms with E-state index < -0.39 is 0 Å². The fourth-order valence-corrected chi connectivity index (χ4v) is 4.47. The van der Waals surface area contributed by atoms with Crippen molar-refractivity contribution in [1.29, 1.82) is 0 Å². The molecule has 0 unspecified atom stereocenters. The molecule has 35 heavy (non-hydrogen) atoms. The van der Waals surface area contributed by atoms with Crippen LogP contribution in [0, 0.1) is 0 Å². The van der Waals surface area contributed by atoms with Crippen molar-refractivity contribution in [2.45, 2.75) is 26.4 Å². The topological polar surface area (TPSA) is 79.4 Å². The van der Waals surface area contributed by atoms with Crippen LogP contribution in [0.3, 0.4) is 0 Å². The number of amides is 1. The minimum atomic E-state index is -0.0413. The number of methoxy groups -OCH3 is 1. The van der Waals surface area contributed by atoms with Crippen LogP contribution in [0.1, 0.15) is 23.6 Å². The van der Waals surface area contributed by atoms with E-state index in [1.165, 1.54) is 18.1 Å². The molecule has 0 aliphatic carbocycles. The molecule has 0 saturated heterocycles. The van der Waals surface area contributed by atoms with E-state index in [1.807, 2.05) is 24.4 Å². The highest BCUT2D eigenvalue weighted by atomic mass is 16.5. The summed E-state index contributed by atoms with van der Waals surface area (Å²) < 4.78 is 5.66. The van der Waals surface area contributed by atoms with Crippen LogP contribution in [0.5, 0.6) is 5.75 Å². The molecule has 2 N–H and O–H groups in total. The second-order valence-electron chi connectivity index (χ2n) is 9.01. The maximum atomic E-state index is 11.3. The van der Waals surface area contributed by atoms with Crippen molar-refractivity contribution in [3.8, 4) is 16.9 Å². The molecule has 2 heterocycles. The number of hydrogen-bond donors (Lipinski definition) is 2. The number of carbonyl (C=O) groups is 1. The van der Waals surface area contributed by atoms with E-state index in [0.29, 0.717) is 12.5 Å². The summed E-state index contributed by atoms with van der Waals surface area (Å²) in [6.07, 6.45) is 2.85. The predicted octanol–water partition coefficient (Wildman–Crippen LogP) is 4.67. The van der Waals surface area contributed by atoms with Gasteiger partial charge in [-0.25, -0.2) is 9.97 Å². The predicted molar refractivity (Wildman–Crippen MR) is 139 cm³/mol. The summed E-state index contributed by atoms with van der Waals surface area (Å²) >= 11 is 0. The Balaban J connectivity index is 1.44. The number of carbonyl (C=O) groups excluding carboxylic acids is 1. The maximum absolute atomic E-state index is 11.3. The Kier molecular flexibility index (Phi) is 6.33. The summed E-state index contributed by atoms with van der Waals surface area (Å²) in [5.41, 5.74) is 7.52. The van der Waals surface area contributed by atoms with Crippen molar-refractivity contribution in [1.82, 2.24) is 20.2 Å². The number of likely N-dealkylation sites (N-methyl/N-ethyl adjacent to an activating group) is 1. The van der Waals surface area contributed by atoms with Crippen molar-refractivity contribution < 1.29 is 9.53 Å². The van der Waals surface area contributed by atoms with Gasteiger partial charge in [-0.05, 0) is 65.6 Å². The highest BCUT2D eigenvalue weighted by Crippen LogP contribution is 2.33. The number of aromatic nitrogens is 2. The van der Waals surface area contributed by atoms with Gasteiger partial charge < -0.3 is 20.3 Å². The Hall–Kier alpha value is -3.97. The van der Waals surface area contributed by atoms with Gasteiger partial charge in [-0.3, -0.25) is 4.79 Å². The van der Waals surface area contributed by atoms with E-state index in [1.54, 1.807) is 7.11 Å². The third-order valence-electron chi connectivity index (χ3n) is 6.36. The zero-order valence-electron chi connectivity index (χ0n) is 20.3. The number of fused-ring (bicyclic) bond motifs is 2. The van der Waals surface area contributed by atoms with Gasteiger partial charge in [-0.2, -0.15) is 0 Å². The SMILES string of the molecule is COc1cc2c(cc1Nc1ncc3ccc(-c4cccc(CNC(C)=O)c4)cc3n1)CN(C)CC2. The number of ether oxygens (including phenoxy) is 1. The van der Waals surface area contributed by atoms with Gasteiger partial charge in [0.1, 0.15) is 5.75 Å². The number of hydrogen-bond acceptors (Lipinski definition) is 6. The number of nitrogens with one attached hydrogen (secondary N) is 2. The molecule has 1 aromatic heterocycles. The van der Waals surface area contributed by atoms with Crippen LogP contribution in [-0.2, 0) is 24.3 Å². The van der Waals surface area contributed by atoms with Crippen LogP contribution in [0.25, 0.3) is 22.0 Å². The molecule has 0 spiro atoms. The Labute approximate surface area is 205 Å². The Morgan fingerprint density at radius 1 is 1.09 bits per heavy atom. The summed E-state index contributed by atoms with van der Waals surface area (Å²) in [5, 5.41) is 7.19. The quantitative estimate of drug-likeness (QED) is 0.429. The van der Waals surface area contributed by atoms with E-state index >= 15 is 0 Å². The van der Waals surface area contributed by atoms with Crippen molar-refractivity contribution in [2.75, 3.05) is 26.0 Å². The molecule has 5 rings (SSSR count). The van der Waals surface area contributed by atoms with Gasteiger partial charge in [0.2, 0.25) is 11.9 Å². The normalized spacial score (nSPS) is 13.3. The molecule has 7 nitrogen and oxygen atoms in total. The van der Waals surface area contributed by atoms with E-state index in [0.717, 1.165) is 58.5 Å². The lowest BCUT2D eigenvalue weighted by atomic mass is 9.99. The summed E-state index contributed by atoms with van der Waals surface area (Å²) in [5.74, 6) is 1.28. The van der Waals surface area contributed by atoms with Gasteiger partial charge in [0.15, 0.2) is 0 Å². The molecule has 1 aliphatic heterocycles. The summed E-state index contributed by atoms with van der Waals surface area (Å²) in [7, 11) is 3.83. The van der Waals surface area contributed by atoms with Crippen molar-refractivity contribution in [2.24, 2.45) is 0 Å². The van der Waals surface area contributed by atoms with Gasteiger partial charge in [0.25, 0.3) is 0 Å². The molecule has 3 aromatic carbocycles. The second-order valence-corrected chi connectivity index (χ2v) is 9.01. The Morgan fingerprint density at radius 2 is 1.94 bits per heavy atom. The molecule has 0 radical (unpaired) electrons. The van der Waals surface area contributed by atoms with Crippen LogP contribution in [0.15, 0.2) is 60.8 Å². The molecule has 0 fully saturated rings. The van der Waals surface area contributed by atoms with Crippen LogP contribution < -0.4 is 15.4 Å². The summed E-state index contributed by atoms with van der Waals surface area (Å²) in [6, 6.07) is 18.6. The zero-order chi connectivity index (χ0) is 24.4. The first-order valence-electron chi connectivity index (χ1n) is 11.7. The fourth-order valence-electron chi connectivity index (χ4n) is 4.47. The fraction of sp³-hybridized carbons (Fsp3) is 0.250. The van der Waals surface area contributed by atoms with Crippen molar-refractivity contribution >= 4 is 28.4 Å². The first-order valence-corrected chi connectivity index (χ1v) is 11.7. The molecule has 1 aliphatic rings. The lowest BCUT2D eigenvalue weighted by Crippen LogP contribution is -2.26. The van der Waals surface area contributed by atoms with Crippen molar-refractivity contribution in [3.05, 3.63) is 77.5 Å². The monoisotopic (exact) mass is 467 g/mol. The number of anilines is 2. The molecular formula is C28H29N5O2. The highest BCUT2D eigenvalue weighted by Gasteiger charge is 2.17. The maximum Gasteiger partial charge on any atom is 0.227 e. The van der Waals surface area contributed by atoms with Crippen molar-refractivity contribution in [3.63, 3.8) is 0 Å². The van der Waals surface area contributed by atoms with E-state index in [-0.39, 0.29) is 5.91 Å². The molecule has 1 amide bonds. The first kappa shape index (κ1) is 22.8. The van der Waals surface area contributed by atoms with Crippen LogP contribution in [0.4, 0.5) is 11.6 Å². The molecule has 7 heteroatoms. The highest BCUT2D eigenvalue weighted by molar-refractivity contribution is 5.85. The average molecular weight is 468 g/mol. The lowest BCUT2D eigenvalue weighted by Gasteiger charge is -2.26. The summed E-state index contributed by atoms with van der Waals surface area (Å²) in [6.45, 7) is 3.99. The Morgan fingerprint density at radius 3 is 2.77 bits per heavy atom. The van der Waals surface area contributed by atoms with Gasteiger partial charge in [0.05, 0.1) is 18.3 Å². The van der Waals surface area contributed by atoms with Gasteiger partial charge in [0, 0.05) is 38.1 Å². The first-order chi connectivity index (χ1) is 17.0. The minimum absolute atomic E-state index is 0.0413. The van der Waals surface area contributed by atoms with Gasteiger partial charge in [-0.15, -0.1) is 0 Å². The Bertz CT molecular complexity index is 1400. The van der Waals surface area contributed by atoms with Crippen LogP contribution >= 0.6 is 0 Å². The molecule has 178 valence electrons. The van der Waals surface area contributed by atoms with Crippen LogP contribution in [0.2, 0.25) is 0 Å². The third-order valence-corrected chi connectivity index (χ3v) is 6.36. The van der Waals surface area contributed by atoms with E-state index in [9.17, 15) is 4.79 Å². The standard InChI is InChI=1S/C28H29N5O2/c1-18(34)29-15-19-5-4-6-20(11-19)21-7-8-23-16-30-28(31-25(23)12-21)32-26-13-24-17-33(2)10-9-22(24)14-27(26)35-3/h4-8,11-14,16H,9-10,15,17H2,1-3H3,(H,29,34)(H,30,31,32). The minimum Gasteiger partial charge on any atom is -0.495 e. The second kappa shape index (κ2) is 9.72. The molecule has 0 atom stereocenters. The van der Waals surface area contributed by atoms with E-state index in [4.69, 9.17) is 9.72 Å². The molecule has 0 bridgehead atoms. The molecule has 4 aromatic rings. The number of nitrogens with zero attached hydrogens (tertiary/aromatic N) is 3. The molecular weight excluding hydrogens is 438 g/mol. The van der Waals surface area contributed by atoms with Crippen LogP contribution in [-0.4, -0.2) is 41.5 Å². The van der Waals surface area contributed by atoms with E-state index in [2.05, 4.69) is 64.0 Å². The van der Waals surface area contributed by atoms with Gasteiger partial charge >= 0.3 is 0 Å². The average Bonchev–Trinajstić information content (AvgIpc) is 2.86. The van der Waals surface area contributed by atoms with Gasteiger partial charge in [-0.1, -0.05) is 30.3 Å². The summed E-state index contributed by atoms with van der Waals surface area (Å²) in [4.78, 5) is 22.9. The number of rotatable bonds is 6. The smallest absolute Gasteiger partial charge is 0.227 e. The molecule has 0 saturated carbocycles. The zero-order valence-corrected chi connectivity index (χ0v) is 20.3. The third kappa shape index (κ3) is 5.10. The lowest BCUT2D eigenvalue weighted by molar-refractivity contribution is -0.119.